The molecule has 1 fully saturated rings. The van der Waals surface area contributed by atoms with E-state index in [1.54, 1.807) is 4.57 Å². The van der Waals surface area contributed by atoms with E-state index in [4.69, 9.17) is 9.84 Å². The van der Waals surface area contributed by atoms with Gasteiger partial charge in [0.15, 0.2) is 11.6 Å². The molecule has 158 valence electrons. The first-order chi connectivity index (χ1) is 13.8. The molecular weight excluding hydrogens is 381 g/mol. The van der Waals surface area contributed by atoms with E-state index < -0.39 is 22.8 Å². The topological polar surface area (TPSA) is 95.2 Å². The molecule has 1 aromatic heterocycles. The quantitative estimate of drug-likeness (QED) is 0.750. The lowest BCUT2D eigenvalue weighted by molar-refractivity contribution is 0.0694. The first kappa shape index (κ1) is 21.1. The van der Waals surface area contributed by atoms with Crippen LogP contribution in [0.15, 0.2) is 17.1 Å². The molecule has 0 aliphatic carbocycles. The number of benzene rings is 1. The average molecular weight is 407 g/mol. The molecule has 0 saturated carbocycles. The molecule has 2 aromatic rings. The number of fused-ring (bicyclic) bond motifs is 1. The number of anilines is 1. The summed E-state index contributed by atoms with van der Waals surface area (Å²) in [6.07, 6.45) is 1.29. The van der Waals surface area contributed by atoms with E-state index in [-0.39, 0.29) is 29.5 Å². The highest BCUT2D eigenvalue weighted by atomic mass is 19.1. The Kier molecular flexibility index (Phi) is 6.09. The Balaban J connectivity index is 2.22. The fraction of sp³-hybridized carbons (Fsp3) is 0.500. The van der Waals surface area contributed by atoms with Gasteiger partial charge in [-0.15, -0.1) is 0 Å². The number of aliphatic hydroxyl groups excluding tert-OH is 1. The molecule has 0 bridgehead atoms. The van der Waals surface area contributed by atoms with Crippen molar-refractivity contribution >= 4 is 22.6 Å². The number of rotatable bonds is 6. The highest BCUT2D eigenvalue weighted by Crippen LogP contribution is 2.39. The summed E-state index contributed by atoms with van der Waals surface area (Å²) in [5, 5.41) is 18.5. The maximum Gasteiger partial charge on any atom is 0.341 e. The van der Waals surface area contributed by atoms with Crippen molar-refractivity contribution in [1.29, 1.82) is 0 Å². The predicted octanol–water partition coefficient (Wildman–Crippen LogP) is 1.54. The number of piperazine rings is 1. The van der Waals surface area contributed by atoms with Gasteiger partial charge >= 0.3 is 5.97 Å². The molecule has 9 heteroatoms. The summed E-state index contributed by atoms with van der Waals surface area (Å²) in [5.41, 5.74) is -0.494. The van der Waals surface area contributed by atoms with E-state index in [1.807, 2.05) is 18.7 Å². The van der Waals surface area contributed by atoms with Crippen LogP contribution in [0.5, 0.6) is 5.75 Å². The number of hydrogen-bond acceptors (Lipinski definition) is 6. The number of methoxy groups -OCH3 is 1. The first-order valence-electron chi connectivity index (χ1n) is 9.56. The summed E-state index contributed by atoms with van der Waals surface area (Å²) in [5.74, 6) is -1.76. The minimum atomic E-state index is -1.35. The zero-order valence-corrected chi connectivity index (χ0v) is 16.8. The molecule has 3 rings (SSSR count). The van der Waals surface area contributed by atoms with Crippen LogP contribution >= 0.6 is 0 Å². The number of carboxylic acids is 1. The maximum absolute atomic E-state index is 15.2. The van der Waals surface area contributed by atoms with E-state index in [0.717, 1.165) is 6.07 Å². The Labute approximate surface area is 167 Å². The molecule has 0 atom stereocenters. The molecule has 2 N–H and O–H groups in total. The fourth-order valence-corrected chi connectivity index (χ4v) is 3.83. The van der Waals surface area contributed by atoms with E-state index in [2.05, 4.69) is 4.90 Å². The monoisotopic (exact) mass is 407 g/mol. The van der Waals surface area contributed by atoms with Crippen molar-refractivity contribution in [2.75, 3.05) is 51.3 Å². The van der Waals surface area contributed by atoms with Crippen molar-refractivity contribution in [2.45, 2.75) is 19.9 Å². The number of halogens is 1. The predicted molar refractivity (Wildman–Crippen MR) is 108 cm³/mol. The van der Waals surface area contributed by atoms with Gasteiger partial charge in [-0.05, 0) is 19.9 Å². The van der Waals surface area contributed by atoms with Crippen molar-refractivity contribution in [3.05, 3.63) is 33.9 Å². The number of aromatic nitrogens is 1. The lowest BCUT2D eigenvalue weighted by Crippen LogP contribution is -2.47. The average Bonchev–Trinajstić information content (AvgIpc) is 2.68. The van der Waals surface area contributed by atoms with Gasteiger partial charge in [0.05, 0.1) is 24.6 Å². The normalized spacial score (nSPS) is 15.3. The summed E-state index contributed by atoms with van der Waals surface area (Å²) >= 11 is 0. The Morgan fingerprint density at radius 1 is 1.28 bits per heavy atom. The summed E-state index contributed by atoms with van der Waals surface area (Å²) in [6.45, 7) is 6.75. The smallest absolute Gasteiger partial charge is 0.341 e. The molecule has 1 aromatic carbocycles. The molecule has 1 aliphatic heterocycles. The van der Waals surface area contributed by atoms with Crippen LogP contribution in [-0.4, -0.2) is 72.1 Å². The second kappa shape index (κ2) is 8.38. The highest BCUT2D eigenvalue weighted by molar-refractivity contribution is 5.97. The number of carbonyl (C=O) groups is 1. The number of aromatic carboxylic acids is 1. The molecule has 8 nitrogen and oxygen atoms in total. The van der Waals surface area contributed by atoms with Crippen molar-refractivity contribution < 1.29 is 24.1 Å². The molecule has 2 heterocycles. The number of pyridine rings is 1. The lowest BCUT2D eigenvalue weighted by Gasteiger charge is -2.36. The summed E-state index contributed by atoms with van der Waals surface area (Å²) < 4.78 is 22.4. The Hall–Kier alpha value is -2.65. The highest BCUT2D eigenvalue weighted by Gasteiger charge is 2.28. The standard InChI is InChI=1S/C20H26FN3O5/c1-12(2)24-11-14(20(27)28)18(26)13-10-15(21)17(19(29-3)16(13)24)23-6-4-22(5-7-23)8-9-25/h10-12,25H,4-9H2,1-3H3,(H,27,28). The third kappa shape index (κ3) is 3.79. The van der Waals surface area contributed by atoms with Crippen LogP contribution in [0.25, 0.3) is 10.9 Å². The van der Waals surface area contributed by atoms with Gasteiger partial charge in [-0.25, -0.2) is 9.18 Å². The van der Waals surface area contributed by atoms with Gasteiger partial charge in [0.2, 0.25) is 5.43 Å². The molecule has 0 radical (unpaired) electrons. The van der Waals surface area contributed by atoms with E-state index in [0.29, 0.717) is 38.2 Å². The number of ether oxygens (including phenoxy) is 1. The third-order valence-corrected chi connectivity index (χ3v) is 5.29. The second-order valence-corrected chi connectivity index (χ2v) is 7.37. The van der Waals surface area contributed by atoms with Crippen LogP contribution in [0.3, 0.4) is 0 Å². The van der Waals surface area contributed by atoms with Crippen LogP contribution in [0, 0.1) is 5.82 Å². The summed E-state index contributed by atoms with van der Waals surface area (Å²) in [7, 11) is 1.42. The van der Waals surface area contributed by atoms with Crippen LogP contribution in [-0.2, 0) is 0 Å². The van der Waals surface area contributed by atoms with Crippen LogP contribution in [0.1, 0.15) is 30.2 Å². The van der Waals surface area contributed by atoms with E-state index in [9.17, 15) is 14.7 Å². The number of carboxylic acid groups (broad SMARTS) is 1. The second-order valence-electron chi connectivity index (χ2n) is 7.37. The van der Waals surface area contributed by atoms with Gasteiger partial charge in [-0.2, -0.15) is 0 Å². The van der Waals surface area contributed by atoms with Crippen LogP contribution in [0.4, 0.5) is 10.1 Å². The number of β-amino-alcohol motifs (C(OH)–C–C–N with tert-alkyl or cyclic N) is 1. The van der Waals surface area contributed by atoms with Gasteiger partial charge in [-0.1, -0.05) is 0 Å². The van der Waals surface area contributed by atoms with Gasteiger partial charge < -0.3 is 24.4 Å². The molecule has 0 unspecified atom stereocenters. The zero-order chi connectivity index (χ0) is 21.3. The summed E-state index contributed by atoms with van der Waals surface area (Å²) in [6, 6.07) is 0.936. The maximum atomic E-state index is 15.2. The Morgan fingerprint density at radius 3 is 2.45 bits per heavy atom. The number of aliphatic hydroxyl groups is 1. The van der Waals surface area contributed by atoms with E-state index >= 15 is 4.39 Å². The summed E-state index contributed by atoms with van der Waals surface area (Å²) in [4.78, 5) is 28.2. The van der Waals surface area contributed by atoms with Gasteiger partial charge in [0.1, 0.15) is 11.3 Å². The lowest BCUT2D eigenvalue weighted by atomic mass is 10.1. The molecule has 0 spiro atoms. The molecule has 1 saturated heterocycles. The van der Waals surface area contributed by atoms with Crippen molar-refractivity contribution in [2.24, 2.45) is 0 Å². The third-order valence-electron chi connectivity index (χ3n) is 5.29. The largest absolute Gasteiger partial charge is 0.492 e. The van der Waals surface area contributed by atoms with Gasteiger partial charge in [0.25, 0.3) is 0 Å². The minimum Gasteiger partial charge on any atom is -0.492 e. The molecule has 29 heavy (non-hydrogen) atoms. The van der Waals surface area contributed by atoms with E-state index in [1.165, 1.54) is 13.3 Å². The minimum absolute atomic E-state index is 0.0179. The van der Waals surface area contributed by atoms with Crippen LogP contribution < -0.4 is 15.1 Å². The fourth-order valence-electron chi connectivity index (χ4n) is 3.83. The Bertz CT molecular complexity index is 980. The Morgan fingerprint density at radius 2 is 1.93 bits per heavy atom. The number of hydrogen-bond donors (Lipinski definition) is 2. The zero-order valence-electron chi connectivity index (χ0n) is 16.8. The van der Waals surface area contributed by atoms with Crippen molar-refractivity contribution in [3.8, 4) is 5.75 Å². The van der Waals surface area contributed by atoms with Gasteiger partial charge in [-0.3, -0.25) is 9.69 Å². The van der Waals surface area contributed by atoms with Gasteiger partial charge in [0, 0.05) is 45.0 Å². The molecule has 0 amide bonds. The van der Waals surface area contributed by atoms with Crippen LogP contribution in [0.2, 0.25) is 0 Å². The van der Waals surface area contributed by atoms with Crippen molar-refractivity contribution in [3.63, 3.8) is 0 Å². The van der Waals surface area contributed by atoms with Crippen molar-refractivity contribution in [1.82, 2.24) is 9.47 Å². The number of nitrogens with zero attached hydrogens (tertiary/aromatic N) is 3. The SMILES string of the molecule is COc1c(N2CCN(CCO)CC2)c(F)cc2c(=O)c(C(=O)O)cn(C(C)C)c12. The molecule has 1 aliphatic rings. The molecular formula is C20H26FN3O5. The first-order valence-corrected chi connectivity index (χ1v) is 9.56.